The Morgan fingerprint density at radius 2 is 1.86 bits per heavy atom. The second kappa shape index (κ2) is 5.90. The molecule has 2 atom stereocenters. The van der Waals surface area contributed by atoms with Gasteiger partial charge in [-0.1, -0.05) is 13.0 Å². The van der Waals surface area contributed by atoms with Gasteiger partial charge in [0.1, 0.15) is 0 Å². The first-order valence-electron chi connectivity index (χ1n) is 7.57. The zero-order valence-electron chi connectivity index (χ0n) is 12.6. The Morgan fingerprint density at radius 3 is 2.43 bits per heavy atom. The Kier molecular flexibility index (Phi) is 3.97. The van der Waals surface area contributed by atoms with Crippen LogP contribution in [0.15, 0.2) is 35.9 Å². The van der Waals surface area contributed by atoms with Crippen LogP contribution in [0.25, 0.3) is 0 Å². The van der Waals surface area contributed by atoms with E-state index in [9.17, 15) is 4.79 Å². The Labute approximate surface area is 125 Å². The molecule has 0 unspecified atom stereocenters. The van der Waals surface area contributed by atoms with Gasteiger partial charge in [-0.05, 0) is 36.8 Å². The summed E-state index contributed by atoms with van der Waals surface area (Å²) in [5.74, 6) is 0.265. The van der Waals surface area contributed by atoms with Crippen LogP contribution in [0.5, 0.6) is 0 Å². The van der Waals surface area contributed by atoms with E-state index in [-0.39, 0.29) is 17.7 Å². The number of Topliss-reactive ketones (excluding diaryl/α,β-unsaturated/α-hetero) is 1. The molecule has 112 valence electrons. The molecule has 1 aliphatic carbocycles. The van der Waals surface area contributed by atoms with Crippen molar-refractivity contribution in [1.82, 2.24) is 0 Å². The number of carbonyl (C=O) groups is 1. The van der Waals surface area contributed by atoms with Crippen LogP contribution in [-0.4, -0.2) is 38.1 Å². The van der Waals surface area contributed by atoms with Crippen molar-refractivity contribution >= 4 is 17.2 Å². The summed E-state index contributed by atoms with van der Waals surface area (Å²) in [6.07, 6.45) is 2.03. The first-order valence-corrected chi connectivity index (χ1v) is 7.57. The average molecular weight is 286 g/mol. The molecule has 0 spiro atoms. The Balaban J connectivity index is 1.66. The third kappa shape index (κ3) is 2.95. The fourth-order valence-electron chi connectivity index (χ4n) is 2.97. The lowest BCUT2D eigenvalue weighted by Gasteiger charge is -2.29. The topological polar surface area (TPSA) is 41.6 Å². The van der Waals surface area contributed by atoms with Gasteiger partial charge >= 0.3 is 0 Å². The van der Waals surface area contributed by atoms with Crippen molar-refractivity contribution in [2.24, 2.45) is 5.92 Å². The lowest BCUT2D eigenvalue weighted by Crippen LogP contribution is -2.36. The van der Waals surface area contributed by atoms with E-state index < -0.39 is 0 Å². The highest BCUT2D eigenvalue weighted by Crippen LogP contribution is 2.25. The molecule has 0 amide bonds. The van der Waals surface area contributed by atoms with Crippen LogP contribution in [0.2, 0.25) is 0 Å². The predicted molar refractivity (Wildman–Crippen MR) is 84.8 cm³/mol. The molecular weight excluding hydrogens is 264 g/mol. The summed E-state index contributed by atoms with van der Waals surface area (Å²) in [5.41, 5.74) is 3.15. The molecule has 1 aliphatic heterocycles. The average Bonchev–Trinajstić information content (AvgIpc) is 2.76. The number of benzene rings is 1. The van der Waals surface area contributed by atoms with Gasteiger partial charge < -0.3 is 15.0 Å². The maximum Gasteiger partial charge on any atom is 0.163 e. The van der Waals surface area contributed by atoms with E-state index in [1.54, 1.807) is 0 Å². The number of hydrogen-bond acceptors (Lipinski definition) is 4. The Hall–Kier alpha value is -1.81. The summed E-state index contributed by atoms with van der Waals surface area (Å²) in [4.78, 5) is 14.2. The third-order valence-corrected chi connectivity index (χ3v) is 4.35. The second-order valence-corrected chi connectivity index (χ2v) is 5.82. The highest BCUT2D eigenvalue weighted by molar-refractivity contribution is 6.00. The van der Waals surface area contributed by atoms with Crippen LogP contribution in [0, 0.1) is 5.92 Å². The number of morpholine rings is 1. The fourth-order valence-corrected chi connectivity index (χ4v) is 2.97. The standard InChI is InChI=1S/C17H22N2O2/c1-12-11-16(13(2)17(12)20)18-14-3-5-15(6-4-14)19-7-9-21-10-8-19/h3-6,11,13,16,18H,7-10H2,1-2H3/t13-,16+/m0/s1. The van der Waals surface area contributed by atoms with Crippen LogP contribution >= 0.6 is 0 Å². The largest absolute Gasteiger partial charge is 0.378 e. The number of ether oxygens (including phenoxy) is 1. The molecular formula is C17H22N2O2. The van der Waals surface area contributed by atoms with E-state index >= 15 is 0 Å². The zero-order valence-corrected chi connectivity index (χ0v) is 12.6. The lowest BCUT2D eigenvalue weighted by molar-refractivity contribution is -0.117. The summed E-state index contributed by atoms with van der Waals surface area (Å²) in [6, 6.07) is 8.54. The fraction of sp³-hybridized carbons (Fsp3) is 0.471. The number of anilines is 2. The molecule has 3 rings (SSSR count). The van der Waals surface area contributed by atoms with Crippen LogP contribution < -0.4 is 10.2 Å². The maximum absolute atomic E-state index is 11.8. The summed E-state index contributed by atoms with van der Waals surface area (Å²) in [6.45, 7) is 7.36. The number of nitrogens with one attached hydrogen (secondary N) is 1. The highest BCUT2D eigenvalue weighted by atomic mass is 16.5. The van der Waals surface area contributed by atoms with Gasteiger partial charge in [0.05, 0.1) is 19.3 Å². The van der Waals surface area contributed by atoms with Gasteiger partial charge in [-0.15, -0.1) is 0 Å². The van der Waals surface area contributed by atoms with Gasteiger partial charge in [0, 0.05) is 30.4 Å². The zero-order chi connectivity index (χ0) is 14.8. The molecule has 1 aromatic carbocycles. The summed E-state index contributed by atoms with van der Waals surface area (Å²) in [5, 5.41) is 3.44. The van der Waals surface area contributed by atoms with Gasteiger partial charge in [0.15, 0.2) is 5.78 Å². The molecule has 1 N–H and O–H groups in total. The number of rotatable bonds is 3. The quantitative estimate of drug-likeness (QED) is 0.927. The van der Waals surface area contributed by atoms with Crippen LogP contribution in [0.3, 0.4) is 0 Å². The molecule has 0 saturated carbocycles. The van der Waals surface area contributed by atoms with Gasteiger partial charge in [-0.3, -0.25) is 4.79 Å². The van der Waals surface area contributed by atoms with Gasteiger partial charge in [0.25, 0.3) is 0 Å². The molecule has 4 nitrogen and oxygen atoms in total. The third-order valence-electron chi connectivity index (χ3n) is 4.35. The van der Waals surface area contributed by atoms with Crippen molar-refractivity contribution in [2.75, 3.05) is 36.5 Å². The van der Waals surface area contributed by atoms with Crippen molar-refractivity contribution in [3.05, 3.63) is 35.9 Å². The van der Waals surface area contributed by atoms with E-state index in [0.29, 0.717) is 0 Å². The smallest absolute Gasteiger partial charge is 0.163 e. The number of ketones is 1. The van der Waals surface area contributed by atoms with Crippen LogP contribution in [-0.2, 0) is 9.53 Å². The van der Waals surface area contributed by atoms with Crippen molar-refractivity contribution in [3.8, 4) is 0 Å². The Morgan fingerprint density at radius 1 is 1.19 bits per heavy atom. The monoisotopic (exact) mass is 286 g/mol. The highest BCUT2D eigenvalue weighted by Gasteiger charge is 2.29. The molecule has 0 bridgehead atoms. The number of allylic oxidation sites excluding steroid dienone is 1. The summed E-state index contributed by atoms with van der Waals surface area (Å²) >= 11 is 0. The van der Waals surface area contributed by atoms with Gasteiger partial charge in [-0.2, -0.15) is 0 Å². The molecule has 1 heterocycles. The summed E-state index contributed by atoms with van der Waals surface area (Å²) < 4.78 is 5.37. The van der Waals surface area contributed by atoms with E-state index in [4.69, 9.17) is 4.74 Å². The van der Waals surface area contributed by atoms with Gasteiger partial charge in [-0.25, -0.2) is 0 Å². The summed E-state index contributed by atoms with van der Waals surface area (Å²) in [7, 11) is 0. The normalized spacial score (nSPS) is 25.9. The lowest BCUT2D eigenvalue weighted by atomic mass is 10.0. The number of nitrogens with zero attached hydrogens (tertiary/aromatic N) is 1. The first-order chi connectivity index (χ1) is 10.1. The molecule has 1 aromatic rings. The first kappa shape index (κ1) is 14.1. The molecule has 1 saturated heterocycles. The SMILES string of the molecule is CC1=C[C@@H](Nc2ccc(N3CCOCC3)cc2)[C@H](C)C1=O. The second-order valence-electron chi connectivity index (χ2n) is 5.82. The molecule has 2 aliphatic rings. The van der Waals surface area contributed by atoms with E-state index in [0.717, 1.165) is 37.6 Å². The molecule has 1 fully saturated rings. The van der Waals surface area contributed by atoms with Gasteiger partial charge in [0.2, 0.25) is 0 Å². The van der Waals surface area contributed by atoms with Crippen molar-refractivity contribution in [3.63, 3.8) is 0 Å². The number of hydrogen-bond donors (Lipinski definition) is 1. The maximum atomic E-state index is 11.8. The van der Waals surface area contributed by atoms with Crippen LogP contribution in [0.1, 0.15) is 13.8 Å². The molecule has 0 radical (unpaired) electrons. The Bertz CT molecular complexity index is 544. The minimum atomic E-state index is 0.0175. The van der Waals surface area contributed by atoms with E-state index in [2.05, 4.69) is 34.5 Å². The van der Waals surface area contributed by atoms with Crippen molar-refractivity contribution < 1.29 is 9.53 Å². The van der Waals surface area contributed by atoms with E-state index in [1.807, 2.05) is 19.9 Å². The van der Waals surface area contributed by atoms with Crippen molar-refractivity contribution in [2.45, 2.75) is 19.9 Å². The van der Waals surface area contributed by atoms with Crippen LogP contribution in [0.4, 0.5) is 11.4 Å². The molecule has 0 aromatic heterocycles. The molecule has 21 heavy (non-hydrogen) atoms. The molecule has 4 heteroatoms. The minimum absolute atomic E-state index is 0.0175. The number of carbonyl (C=O) groups excluding carboxylic acids is 1. The predicted octanol–water partition coefficient (Wildman–Crippen LogP) is 2.47. The van der Waals surface area contributed by atoms with E-state index in [1.165, 1.54) is 5.69 Å². The minimum Gasteiger partial charge on any atom is -0.378 e. The van der Waals surface area contributed by atoms with Crippen molar-refractivity contribution in [1.29, 1.82) is 0 Å².